The fourth-order valence-corrected chi connectivity index (χ4v) is 1.61. The first kappa shape index (κ1) is 12.7. The van der Waals surface area contributed by atoms with E-state index < -0.39 is 0 Å². The maximum atomic E-state index is 9.02. The van der Waals surface area contributed by atoms with Crippen LogP contribution in [0.2, 0.25) is 0 Å². The van der Waals surface area contributed by atoms with Crippen LogP contribution >= 0.6 is 0 Å². The number of hydrogen-bond donors (Lipinski definition) is 1. The van der Waals surface area contributed by atoms with Gasteiger partial charge in [-0.05, 0) is 12.1 Å². The van der Waals surface area contributed by atoms with E-state index in [2.05, 4.69) is 16.4 Å². The second kappa shape index (κ2) is 5.74. The highest BCUT2D eigenvalue weighted by Crippen LogP contribution is 2.28. The SMILES string of the molecule is COc1cc(Nc2ncccc2C#N)cc(OC)c1. The largest absolute Gasteiger partial charge is 0.497 e. The summed E-state index contributed by atoms with van der Waals surface area (Å²) in [7, 11) is 3.17. The fourth-order valence-electron chi connectivity index (χ4n) is 1.61. The molecule has 5 nitrogen and oxygen atoms in total. The summed E-state index contributed by atoms with van der Waals surface area (Å²) in [5, 5.41) is 12.1. The molecule has 0 atom stereocenters. The molecule has 0 saturated carbocycles. The van der Waals surface area contributed by atoms with Crippen molar-refractivity contribution in [2.24, 2.45) is 0 Å². The monoisotopic (exact) mass is 255 g/mol. The van der Waals surface area contributed by atoms with Gasteiger partial charge in [-0.1, -0.05) is 0 Å². The zero-order chi connectivity index (χ0) is 13.7. The molecular formula is C14H13N3O2. The van der Waals surface area contributed by atoms with Gasteiger partial charge in [0.15, 0.2) is 0 Å². The van der Waals surface area contributed by atoms with Crippen LogP contribution in [0.5, 0.6) is 11.5 Å². The van der Waals surface area contributed by atoms with Gasteiger partial charge in [0.1, 0.15) is 23.4 Å². The Morgan fingerprint density at radius 1 is 1.16 bits per heavy atom. The summed E-state index contributed by atoms with van der Waals surface area (Å²) in [6, 6.07) is 10.9. The number of nitrogens with zero attached hydrogens (tertiary/aromatic N) is 2. The van der Waals surface area contributed by atoms with E-state index in [9.17, 15) is 0 Å². The summed E-state index contributed by atoms with van der Waals surface area (Å²) in [6.45, 7) is 0. The molecule has 0 aliphatic heterocycles. The molecule has 1 N–H and O–H groups in total. The van der Waals surface area contributed by atoms with Crippen molar-refractivity contribution in [1.82, 2.24) is 4.98 Å². The van der Waals surface area contributed by atoms with Crippen molar-refractivity contribution >= 4 is 11.5 Å². The highest BCUT2D eigenvalue weighted by Gasteiger charge is 2.06. The van der Waals surface area contributed by atoms with Crippen LogP contribution in [0.3, 0.4) is 0 Å². The van der Waals surface area contributed by atoms with Crippen LogP contribution in [0.1, 0.15) is 5.56 Å². The molecule has 0 spiro atoms. The van der Waals surface area contributed by atoms with Gasteiger partial charge in [-0.3, -0.25) is 0 Å². The van der Waals surface area contributed by atoms with E-state index >= 15 is 0 Å². The van der Waals surface area contributed by atoms with E-state index in [4.69, 9.17) is 14.7 Å². The van der Waals surface area contributed by atoms with Crippen molar-refractivity contribution in [2.45, 2.75) is 0 Å². The third-order valence-corrected chi connectivity index (χ3v) is 2.54. The van der Waals surface area contributed by atoms with E-state index in [1.165, 1.54) is 0 Å². The quantitative estimate of drug-likeness (QED) is 0.909. The van der Waals surface area contributed by atoms with Gasteiger partial charge >= 0.3 is 0 Å². The molecule has 2 aromatic rings. The number of anilines is 2. The fraction of sp³-hybridized carbons (Fsp3) is 0.143. The average molecular weight is 255 g/mol. The van der Waals surface area contributed by atoms with Crippen LogP contribution in [0.4, 0.5) is 11.5 Å². The highest BCUT2D eigenvalue weighted by molar-refractivity contribution is 5.65. The van der Waals surface area contributed by atoms with Crippen molar-refractivity contribution in [3.8, 4) is 17.6 Å². The summed E-state index contributed by atoms with van der Waals surface area (Å²) >= 11 is 0. The van der Waals surface area contributed by atoms with Gasteiger partial charge in [0.2, 0.25) is 0 Å². The first-order valence-corrected chi connectivity index (χ1v) is 5.62. The Morgan fingerprint density at radius 2 is 1.84 bits per heavy atom. The molecule has 2 rings (SSSR count). The summed E-state index contributed by atoms with van der Waals surface area (Å²) in [4.78, 5) is 4.14. The molecule has 1 aromatic carbocycles. The maximum absolute atomic E-state index is 9.02. The number of benzene rings is 1. The van der Waals surface area contributed by atoms with Crippen LogP contribution in [-0.2, 0) is 0 Å². The van der Waals surface area contributed by atoms with Crippen molar-refractivity contribution in [1.29, 1.82) is 5.26 Å². The van der Waals surface area contributed by atoms with E-state index in [0.29, 0.717) is 22.9 Å². The van der Waals surface area contributed by atoms with Crippen LogP contribution in [0.15, 0.2) is 36.5 Å². The summed E-state index contributed by atoms with van der Waals surface area (Å²) in [6.07, 6.45) is 1.63. The van der Waals surface area contributed by atoms with Gasteiger partial charge in [-0.25, -0.2) is 4.98 Å². The molecule has 0 amide bonds. The van der Waals surface area contributed by atoms with Gasteiger partial charge in [-0.15, -0.1) is 0 Å². The first-order chi connectivity index (χ1) is 9.26. The normalized spacial score (nSPS) is 9.53. The van der Waals surface area contributed by atoms with Crippen LogP contribution in [0.25, 0.3) is 0 Å². The minimum Gasteiger partial charge on any atom is -0.497 e. The molecule has 0 bridgehead atoms. The standard InChI is InChI=1S/C14H13N3O2/c1-18-12-6-11(7-13(8-12)19-2)17-14-10(9-15)4-3-5-16-14/h3-8H,1-2H3,(H,16,17). The van der Waals surface area contributed by atoms with E-state index in [-0.39, 0.29) is 0 Å². The van der Waals surface area contributed by atoms with Crippen LogP contribution < -0.4 is 14.8 Å². The number of nitriles is 1. The molecule has 5 heteroatoms. The number of methoxy groups -OCH3 is 2. The number of ether oxygens (including phenoxy) is 2. The second-order valence-electron chi connectivity index (χ2n) is 3.74. The number of nitrogens with one attached hydrogen (secondary N) is 1. The number of hydrogen-bond acceptors (Lipinski definition) is 5. The molecule has 1 heterocycles. The Bertz CT molecular complexity index is 598. The van der Waals surface area contributed by atoms with E-state index in [0.717, 1.165) is 5.69 Å². The third kappa shape index (κ3) is 2.93. The van der Waals surface area contributed by atoms with Gasteiger partial charge in [0, 0.05) is 30.1 Å². The lowest BCUT2D eigenvalue weighted by molar-refractivity contribution is 0.395. The average Bonchev–Trinajstić information content (AvgIpc) is 2.47. The van der Waals surface area contributed by atoms with Crippen molar-refractivity contribution in [2.75, 3.05) is 19.5 Å². The Morgan fingerprint density at radius 3 is 2.42 bits per heavy atom. The smallest absolute Gasteiger partial charge is 0.148 e. The third-order valence-electron chi connectivity index (χ3n) is 2.54. The predicted octanol–water partition coefficient (Wildman–Crippen LogP) is 2.71. The highest BCUT2D eigenvalue weighted by atomic mass is 16.5. The van der Waals surface area contributed by atoms with Crippen molar-refractivity contribution in [3.63, 3.8) is 0 Å². The zero-order valence-corrected chi connectivity index (χ0v) is 10.7. The Hall–Kier alpha value is -2.74. The number of rotatable bonds is 4. The molecular weight excluding hydrogens is 242 g/mol. The summed E-state index contributed by atoms with van der Waals surface area (Å²) in [5.74, 6) is 1.83. The maximum Gasteiger partial charge on any atom is 0.148 e. The van der Waals surface area contributed by atoms with Gasteiger partial charge < -0.3 is 14.8 Å². The van der Waals surface area contributed by atoms with E-state index in [1.807, 2.05) is 0 Å². The Kier molecular flexibility index (Phi) is 3.84. The van der Waals surface area contributed by atoms with Gasteiger partial charge in [0.05, 0.1) is 19.8 Å². The molecule has 1 aromatic heterocycles. The van der Waals surface area contributed by atoms with Gasteiger partial charge in [-0.2, -0.15) is 5.26 Å². The predicted molar refractivity (Wildman–Crippen MR) is 71.8 cm³/mol. The van der Waals surface area contributed by atoms with Crippen molar-refractivity contribution in [3.05, 3.63) is 42.1 Å². The lowest BCUT2D eigenvalue weighted by atomic mass is 10.2. The Balaban J connectivity index is 2.35. The lowest BCUT2D eigenvalue weighted by Gasteiger charge is -2.10. The molecule has 0 saturated heterocycles. The topological polar surface area (TPSA) is 67.2 Å². The molecule has 0 aliphatic rings. The molecule has 0 radical (unpaired) electrons. The van der Waals surface area contributed by atoms with Gasteiger partial charge in [0.25, 0.3) is 0 Å². The second-order valence-corrected chi connectivity index (χ2v) is 3.74. The van der Waals surface area contributed by atoms with Crippen LogP contribution in [-0.4, -0.2) is 19.2 Å². The summed E-state index contributed by atoms with van der Waals surface area (Å²) < 4.78 is 10.4. The molecule has 19 heavy (non-hydrogen) atoms. The van der Waals surface area contributed by atoms with Crippen LogP contribution in [0, 0.1) is 11.3 Å². The van der Waals surface area contributed by atoms with E-state index in [1.54, 1.807) is 50.7 Å². The molecule has 96 valence electrons. The lowest BCUT2D eigenvalue weighted by Crippen LogP contribution is -1.97. The first-order valence-electron chi connectivity index (χ1n) is 5.62. The molecule has 0 unspecified atom stereocenters. The number of aromatic nitrogens is 1. The van der Waals surface area contributed by atoms with Crippen molar-refractivity contribution < 1.29 is 9.47 Å². The summed E-state index contributed by atoms with van der Waals surface area (Å²) in [5.41, 5.74) is 1.22. The molecule has 0 aliphatic carbocycles. The zero-order valence-electron chi connectivity index (χ0n) is 10.7. The minimum absolute atomic E-state index is 0.476. The number of pyridine rings is 1. The molecule has 0 fully saturated rings. The Labute approximate surface area is 111 Å². The minimum atomic E-state index is 0.476.